The lowest BCUT2D eigenvalue weighted by Crippen LogP contribution is -2.29. The van der Waals surface area contributed by atoms with Crippen molar-refractivity contribution in [2.24, 2.45) is 0 Å². The number of ether oxygens (including phenoxy) is 1. The lowest BCUT2D eigenvalue weighted by Gasteiger charge is -2.26. The van der Waals surface area contributed by atoms with Gasteiger partial charge in [-0.1, -0.05) is 18.2 Å². The molecule has 5 rings (SSSR count). The molecule has 10 nitrogen and oxygen atoms in total. The zero-order valence-corrected chi connectivity index (χ0v) is 18.2. The van der Waals surface area contributed by atoms with Gasteiger partial charge in [-0.05, 0) is 25.5 Å². The molecule has 0 bridgehead atoms. The number of aromatic amines is 1. The lowest BCUT2D eigenvalue weighted by molar-refractivity contribution is -0.128. The topological polar surface area (TPSA) is 122 Å². The third-order valence-electron chi connectivity index (χ3n) is 6.07. The molecule has 4 heterocycles. The number of carbonyl (C=O) groups is 2. The van der Waals surface area contributed by atoms with E-state index in [0.29, 0.717) is 37.0 Å². The number of hydrogen-bond donors (Lipinski definition) is 2. The molecule has 1 atom stereocenters. The number of amides is 2. The number of fused-ring (bicyclic) bond motifs is 1. The van der Waals surface area contributed by atoms with Gasteiger partial charge in [0.2, 0.25) is 11.8 Å². The number of benzene rings is 1. The molecule has 1 fully saturated rings. The molecule has 0 spiro atoms. The van der Waals surface area contributed by atoms with E-state index < -0.39 is 0 Å². The Balaban J connectivity index is 1.46. The second kappa shape index (κ2) is 8.53. The molecule has 1 aromatic carbocycles. The number of aryl methyl sites for hydroxylation is 1. The van der Waals surface area contributed by atoms with Crippen LogP contribution in [0.3, 0.4) is 0 Å². The van der Waals surface area contributed by atoms with E-state index in [1.165, 1.54) is 10.7 Å². The molecule has 2 aliphatic heterocycles. The largest absolute Gasteiger partial charge is 0.491 e. The number of nitrogens with zero attached hydrogens (tertiary/aromatic N) is 4. The molecule has 2 aliphatic rings. The number of hydrogen-bond acceptors (Lipinski definition) is 6. The van der Waals surface area contributed by atoms with Gasteiger partial charge in [-0.25, -0.2) is 5.10 Å². The molecule has 1 saturated heterocycles. The van der Waals surface area contributed by atoms with Crippen LogP contribution >= 0.6 is 0 Å². The standard InChI is InChI=1S/C23H24N6O4/c1-14-22-16(13-20(31)24-23(22)29(27-14)18-8-9-19(30)26-25-18)15-5-2-3-6-17(15)33-12-11-28-10-4-7-21(28)32/h2-3,5-6,8-9,16H,4,7,10-13H2,1H3,(H,24,31)(H,26,30)/t16-/m0/s1. The fourth-order valence-corrected chi connectivity index (χ4v) is 4.54. The maximum Gasteiger partial charge on any atom is 0.264 e. The minimum atomic E-state index is -0.319. The van der Waals surface area contributed by atoms with Crippen LogP contribution in [0.15, 0.2) is 41.2 Å². The van der Waals surface area contributed by atoms with Crippen molar-refractivity contribution in [2.45, 2.75) is 32.1 Å². The first-order valence-electron chi connectivity index (χ1n) is 11.0. The highest BCUT2D eigenvalue weighted by atomic mass is 16.5. The summed E-state index contributed by atoms with van der Waals surface area (Å²) < 4.78 is 7.63. The second-order valence-electron chi connectivity index (χ2n) is 8.21. The van der Waals surface area contributed by atoms with Crippen molar-refractivity contribution in [3.05, 3.63) is 63.6 Å². The first kappa shape index (κ1) is 20.9. The number of carbonyl (C=O) groups excluding carboxylic acids is 2. The van der Waals surface area contributed by atoms with Gasteiger partial charge < -0.3 is 15.0 Å². The third-order valence-corrected chi connectivity index (χ3v) is 6.07. The van der Waals surface area contributed by atoms with E-state index in [2.05, 4.69) is 20.6 Å². The number of anilines is 1. The minimum absolute atomic E-state index is 0.143. The highest BCUT2D eigenvalue weighted by Crippen LogP contribution is 2.42. The Kier molecular flexibility index (Phi) is 5.41. The Hall–Kier alpha value is -3.95. The predicted molar refractivity (Wildman–Crippen MR) is 120 cm³/mol. The van der Waals surface area contributed by atoms with Gasteiger partial charge in [-0.3, -0.25) is 14.4 Å². The van der Waals surface area contributed by atoms with Crippen LogP contribution in [0.2, 0.25) is 0 Å². The molecule has 0 radical (unpaired) electrons. The van der Waals surface area contributed by atoms with Gasteiger partial charge >= 0.3 is 0 Å². The third kappa shape index (κ3) is 3.99. The van der Waals surface area contributed by atoms with Gasteiger partial charge in [0, 0.05) is 42.5 Å². The summed E-state index contributed by atoms with van der Waals surface area (Å²) >= 11 is 0. The number of rotatable bonds is 6. The van der Waals surface area contributed by atoms with Gasteiger partial charge in [-0.2, -0.15) is 14.9 Å². The molecule has 0 saturated carbocycles. The van der Waals surface area contributed by atoms with Crippen molar-refractivity contribution in [2.75, 3.05) is 25.0 Å². The van der Waals surface area contributed by atoms with E-state index in [0.717, 1.165) is 29.8 Å². The Morgan fingerprint density at radius 3 is 2.76 bits per heavy atom. The maximum absolute atomic E-state index is 12.7. The second-order valence-corrected chi connectivity index (χ2v) is 8.21. The SMILES string of the molecule is Cc1nn(-c2ccc(=O)[nH]n2)c2c1[C@H](c1ccccc1OCCN1CCCC1=O)CC(=O)N2. The molecule has 170 valence electrons. The Morgan fingerprint density at radius 2 is 2.00 bits per heavy atom. The smallest absolute Gasteiger partial charge is 0.264 e. The zero-order chi connectivity index (χ0) is 22.9. The molecule has 3 aromatic rings. The molecule has 33 heavy (non-hydrogen) atoms. The molecule has 2 aromatic heterocycles. The van der Waals surface area contributed by atoms with Crippen LogP contribution in [0.1, 0.15) is 42.0 Å². The van der Waals surface area contributed by atoms with Crippen molar-refractivity contribution in [1.82, 2.24) is 24.9 Å². The van der Waals surface area contributed by atoms with Crippen molar-refractivity contribution in [1.29, 1.82) is 0 Å². The highest BCUT2D eigenvalue weighted by molar-refractivity contribution is 5.95. The molecule has 2 N–H and O–H groups in total. The highest BCUT2D eigenvalue weighted by Gasteiger charge is 2.34. The first-order valence-corrected chi connectivity index (χ1v) is 11.0. The summed E-state index contributed by atoms with van der Waals surface area (Å²) in [5, 5.41) is 13.9. The minimum Gasteiger partial charge on any atom is -0.491 e. The van der Waals surface area contributed by atoms with Crippen LogP contribution in [0, 0.1) is 6.92 Å². The van der Waals surface area contributed by atoms with Crippen LogP contribution in [0.4, 0.5) is 5.82 Å². The first-order chi connectivity index (χ1) is 16.0. The fourth-order valence-electron chi connectivity index (χ4n) is 4.54. The van der Waals surface area contributed by atoms with Crippen LogP contribution in [-0.4, -0.2) is 56.4 Å². The normalized spacial score (nSPS) is 17.7. The fraction of sp³-hybridized carbons (Fsp3) is 0.348. The van der Waals surface area contributed by atoms with Crippen LogP contribution in [0.25, 0.3) is 5.82 Å². The quantitative estimate of drug-likeness (QED) is 0.592. The van der Waals surface area contributed by atoms with E-state index in [-0.39, 0.29) is 29.7 Å². The molecule has 2 amide bonds. The maximum atomic E-state index is 12.7. The van der Waals surface area contributed by atoms with Crippen molar-refractivity contribution < 1.29 is 14.3 Å². The molecular weight excluding hydrogens is 424 g/mol. The summed E-state index contributed by atoms with van der Waals surface area (Å²) in [6.45, 7) is 3.58. The summed E-state index contributed by atoms with van der Waals surface area (Å²) in [7, 11) is 0. The van der Waals surface area contributed by atoms with Gasteiger partial charge in [0.1, 0.15) is 18.2 Å². The Labute approximate surface area is 189 Å². The van der Waals surface area contributed by atoms with E-state index >= 15 is 0 Å². The van der Waals surface area contributed by atoms with E-state index in [4.69, 9.17) is 4.74 Å². The van der Waals surface area contributed by atoms with Crippen molar-refractivity contribution in [3.63, 3.8) is 0 Å². The van der Waals surface area contributed by atoms with Gasteiger partial charge in [0.05, 0.1) is 12.2 Å². The van der Waals surface area contributed by atoms with Gasteiger partial charge in [-0.15, -0.1) is 0 Å². The summed E-state index contributed by atoms with van der Waals surface area (Å²) in [6.07, 6.45) is 1.75. The number of aromatic nitrogens is 4. The number of H-pyrrole nitrogens is 1. The van der Waals surface area contributed by atoms with Gasteiger partial charge in [0.15, 0.2) is 5.82 Å². The number of para-hydroxylation sites is 1. The molecular formula is C23H24N6O4. The predicted octanol–water partition coefficient (Wildman–Crippen LogP) is 1.74. The Morgan fingerprint density at radius 1 is 1.15 bits per heavy atom. The molecule has 0 aliphatic carbocycles. The average Bonchev–Trinajstić information content (AvgIpc) is 3.37. The van der Waals surface area contributed by atoms with Gasteiger partial charge in [0.25, 0.3) is 5.56 Å². The van der Waals surface area contributed by atoms with Crippen molar-refractivity contribution in [3.8, 4) is 11.6 Å². The van der Waals surface area contributed by atoms with E-state index in [1.54, 1.807) is 6.07 Å². The lowest BCUT2D eigenvalue weighted by atomic mass is 9.85. The summed E-state index contributed by atoms with van der Waals surface area (Å²) in [5.41, 5.74) is 2.20. The van der Waals surface area contributed by atoms with Crippen LogP contribution in [0.5, 0.6) is 5.75 Å². The van der Waals surface area contributed by atoms with E-state index in [9.17, 15) is 14.4 Å². The van der Waals surface area contributed by atoms with Crippen molar-refractivity contribution >= 4 is 17.6 Å². The molecule has 0 unspecified atom stereocenters. The van der Waals surface area contributed by atoms with E-state index in [1.807, 2.05) is 36.1 Å². The summed E-state index contributed by atoms with van der Waals surface area (Å²) in [5.74, 6) is 1.39. The van der Waals surface area contributed by atoms with Crippen LogP contribution < -0.4 is 15.6 Å². The summed E-state index contributed by atoms with van der Waals surface area (Å²) in [4.78, 5) is 37.8. The number of likely N-dealkylation sites (tertiary alicyclic amines) is 1. The van der Waals surface area contributed by atoms with Crippen LogP contribution in [-0.2, 0) is 9.59 Å². The monoisotopic (exact) mass is 448 g/mol. The average molecular weight is 448 g/mol. The summed E-state index contributed by atoms with van der Waals surface area (Å²) in [6, 6.07) is 10.6. The molecule has 10 heteroatoms. The number of nitrogens with one attached hydrogen (secondary N) is 2. The Bertz CT molecular complexity index is 1260. The zero-order valence-electron chi connectivity index (χ0n) is 18.2.